The van der Waals surface area contributed by atoms with E-state index in [2.05, 4.69) is 4.72 Å². The molecule has 0 aliphatic carbocycles. The molecule has 0 bridgehead atoms. The number of unbranched alkanes of at least 4 members (excludes halogenated alkanes) is 3. The lowest BCUT2D eigenvalue weighted by Gasteiger charge is -2.07. The van der Waals surface area contributed by atoms with Gasteiger partial charge in [-0.1, -0.05) is 31.0 Å². The lowest BCUT2D eigenvalue weighted by atomic mass is 10.1. The Balaban J connectivity index is 1.41. The molecule has 0 saturated heterocycles. The van der Waals surface area contributed by atoms with Gasteiger partial charge < -0.3 is 4.57 Å². The van der Waals surface area contributed by atoms with Crippen LogP contribution in [-0.4, -0.2) is 23.8 Å². The molecule has 3 rings (SSSR count). The molecule has 0 saturated carbocycles. The van der Waals surface area contributed by atoms with Crippen LogP contribution < -0.4 is 4.72 Å². The summed E-state index contributed by atoms with van der Waals surface area (Å²) in [4.78, 5) is 22.6. The van der Waals surface area contributed by atoms with E-state index in [0.29, 0.717) is 6.42 Å². The van der Waals surface area contributed by atoms with Crippen LogP contribution in [0.1, 0.15) is 32.1 Å². The van der Waals surface area contributed by atoms with E-state index in [4.69, 9.17) is 0 Å². The first-order valence-corrected chi connectivity index (χ1v) is 11.2. The van der Waals surface area contributed by atoms with Gasteiger partial charge in [0.05, 0.1) is 15.3 Å². The highest BCUT2D eigenvalue weighted by Gasteiger charge is 2.16. The van der Waals surface area contributed by atoms with Gasteiger partial charge in [-0.15, -0.1) is 0 Å². The van der Waals surface area contributed by atoms with Crippen molar-refractivity contribution < 1.29 is 18.1 Å². The molecule has 1 heterocycles. The van der Waals surface area contributed by atoms with E-state index >= 15 is 0 Å². The quantitative estimate of drug-likeness (QED) is 0.297. The molecular weight excluding hydrogens is 406 g/mol. The largest absolute Gasteiger partial charge is 0.347 e. The lowest BCUT2D eigenvalue weighted by molar-refractivity contribution is -0.384. The van der Waals surface area contributed by atoms with Gasteiger partial charge in [-0.25, -0.2) is 13.1 Å². The van der Waals surface area contributed by atoms with Gasteiger partial charge in [0.1, 0.15) is 0 Å². The number of sulfonamides is 1. The second-order valence-electron chi connectivity index (χ2n) is 7.02. The number of nitrogens with one attached hydrogen (secondary N) is 1. The fourth-order valence-corrected chi connectivity index (χ4v) is 4.30. The monoisotopic (exact) mass is 429 g/mol. The number of rotatable bonds is 10. The number of fused-ring (bicyclic) bond motifs is 1. The second kappa shape index (κ2) is 9.53. The van der Waals surface area contributed by atoms with Crippen molar-refractivity contribution >= 4 is 32.5 Å². The molecule has 0 fully saturated rings. The van der Waals surface area contributed by atoms with Gasteiger partial charge in [0, 0.05) is 36.7 Å². The Morgan fingerprint density at radius 1 is 1.00 bits per heavy atom. The highest BCUT2D eigenvalue weighted by molar-refractivity contribution is 7.90. The summed E-state index contributed by atoms with van der Waals surface area (Å²) in [5.41, 5.74) is 0.897. The Hall–Kier alpha value is -3.20. The van der Waals surface area contributed by atoms with Gasteiger partial charge in [0.2, 0.25) is 5.91 Å². The van der Waals surface area contributed by atoms with E-state index < -0.39 is 20.9 Å². The van der Waals surface area contributed by atoms with E-state index in [1.807, 2.05) is 16.8 Å². The average Bonchev–Trinajstić information content (AvgIpc) is 3.13. The summed E-state index contributed by atoms with van der Waals surface area (Å²) in [5.74, 6) is -0.512. The first-order valence-electron chi connectivity index (χ1n) is 9.71. The summed E-state index contributed by atoms with van der Waals surface area (Å²) >= 11 is 0. The minimum atomic E-state index is -3.82. The number of nitro groups is 1. The second-order valence-corrected chi connectivity index (χ2v) is 8.70. The molecule has 0 unspecified atom stereocenters. The minimum Gasteiger partial charge on any atom is -0.347 e. The van der Waals surface area contributed by atoms with Crippen molar-refractivity contribution in [1.29, 1.82) is 0 Å². The molecule has 0 spiro atoms. The standard InChI is InChI=1S/C21H23N3O5S/c25-21(22-30(28,29)19-8-4-3-5-9-19)10-6-1-2-7-14-23-15-13-17-11-12-18(24(26)27)16-20(17)23/h3-5,8-9,11-13,15-16H,1-2,6-7,10,14H2,(H,22,25). The number of benzene rings is 2. The number of hydrogen-bond donors (Lipinski definition) is 1. The summed E-state index contributed by atoms with van der Waals surface area (Å²) in [6, 6.07) is 14.5. The molecule has 2 aromatic carbocycles. The van der Waals surface area contributed by atoms with E-state index in [1.54, 1.807) is 30.3 Å². The third-order valence-electron chi connectivity index (χ3n) is 4.82. The molecule has 0 radical (unpaired) electrons. The predicted molar refractivity (Wildman–Crippen MR) is 113 cm³/mol. The van der Waals surface area contributed by atoms with Crippen LogP contribution in [0.4, 0.5) is 5.69 Å². The molecule has 3 aromatic rings. The van der Waals surface area contributed by atoms with Gasteiger partial charge in [0.15, 0.2) is 0 Å². The molecule has 158 valence electrons. The van der Waals surface area contributed by atoms with Crippen molar-refractivity contribution in [3.63, 3.8) is 0 Å². The van der Waals surface area contributed by atoms with Crippen LogP contribution in [0.25, 0.3) is 10.9 Å². The third-order valence-corrected chi connectivity index (χ3v) is 6.21. The zero-order chi connectivity index (χ0) is 21.6. The molecular formula is C21H23N3O5S. The molecule has 30 heavy (non-hydrogen) atoms. The Morgan fingerprint density at radius 2 is 1.73 bits per heavy atom. The predicted octanol–water partition coefficient (Wildman–Crippen LogP) is 4.01. The number of non-ortho nitro benzene ring substituents is 1. The van der Waals surface area contributed by atoms with Crippen molar-refractivity contribution in [2.75, 3.05) is 0 Å². The molecule has 1 aromatic heterocycles. The van der Waals surface area contributed by atoms with Crippen LogP contribution in [0.2, 0.25) is 0 Å². The van der Waals surface area contributed by atoms with Gasteiger partial charge >= 0.3 is 0 Å². The van der Waals surface area contributed by atoms with Crippen molar-refractivity contribution in [2.24, 2.45) is 0 Å². The van der Waals surface area contributed by atoms with Crippen LogP contribution in [0.15, 0.2) is 65.7 Å². The van der Waals surface area contributed by atoms with Gasteiger partial charge in [-0.2, -0.15) is 0 Å². The Kier molecular flexibility index (Phi) is 6.83. The van der Waals surface area contributed by atoms with Crippen LogP contribution >= 0.6 is 0 Å². The summed E-state index contributed by atoms with van der Waals surface area (Å²) in [5, 5.41) is 11.9. The third kappa shape index (κ3) is 5.44. The minimum absolute atomic E-state index is 0.0672. The molecule has 0 aliphatic heterocycles. The van der Waals surface area contributed by atoms with E-state index in [9.17, 15) is 23.3 Å². The number of aromatic nitrogens is 1. The van der Waals surface area contributed by atoms with Crippen molar-refractivity contribution in [3.05, 3.63) is 70.9 Å². The topological polar surface area (TPSA) is 111 Å². The maximum absolute atomic E-state index is 12.1. The van der Waals surface area contributed by atoms with Crippen LogP contribution in [-0.2, 0) is 21.4 Å². The number of amides is 1. The molecule has 9 heteroatoms. The van der Waals surface area contributed by atoms with E-state index in [-0.39, 0.29) is 17.0 Å². The van der Waals surface area contributed by atoms with Crippen molar-refractivity contribution in [3.8, 4) is 0 Å². The normalized spacial score (nSPS) is 11.5. The average molecular weight is 429 g/mol. The molecule has 8 nitrogen and oxygen atoms in total. The fourth-order valence-electron chi connectivity index (χ4n) is 3.26. The molecule has 0 aliphatic rings. The van der Waals surface area contributed by atoms with Gasteiger partial charge in [-0.05, 0) is 37.1 Å². The summed E-state index contributed by atoms with van der Waals surface area (Å²) in [7, 11) is -3.82. The van der Waals surface area contributed by atoms with Crippen LogP contribution in [0.3, 0.4) is 0 Å². The Morgan fingerprint density at radius 3 is 2.47 bits per heavy atom. The fraction of sp³-hybridized carbons (Fsp3) is 0.286. The molecule has 1 amide bonds. The number of nitrogens with zero attached hydrogens (tertiary/aromatic N) is 2. The number of aryl methyl sites for hydroxylation is 1. The zero-order valence-corrected chi connectivity index (χ0v) is 17.2. The van der Waals surface area contributed by atoms with E-state index in [1.165, 1.54) is 18.2 Å². The van der Waals surface area contributed by atoms with Crippen molar-refractivity contribution in [2.45, 2.75) is 43.5 Å². The van der Waals surface area contributed by atoms with Gasteiger partial charge in [-0.3, -0.25) is 14.9 Å². The molecule has 0 atom stereocenters. The highest BCUT2D eigenvalue weighted by atomic mass is 32.2. The smallest absolute Gasteiger partial charge is 0.271 e. The summed E-state index contributed by atoms with van der Waals surface area (Å²) < 4.78 is 28.3. The first-order chi connectivity index (χ1) is 14.4. The Labute approximate surface area is 174 Å². The summed E-state index contributed by atoms with van der Waals surface area (Å²) in [6.45, 7) is 0.721. The summed E-state index contributed by atoms with van der Waals surface area (Å²) in [6.07, 6.45) is 5.16. The number of carbonyl (C=O) groups excluding carboxylic acids is 1. The maximum atomic E-state index is 12.1. The number of carbonyl (C=O) groups is 1. The molecule has 1 N–H and O–H groups in total. The van der Waals surface area contributed by atoms with Crippen LogP contribution in [0, 0.1) is 10.1 Å². The van der Waals surface area contributed by atoms with Gasteiger partial charge in [0.25, 0.3) is 15.7 Å². The maximum Gasteiger partial charge on any atom is 0.271 e. The number of nitro benzene ring substituents is 1. The van der Waals surface area contributed by atoms with E-state index in [0.717, 1.165) is 36.7 Å². The Bertz CT molecular complexity index is 1140. The highest BCUT2D eigenvalue weighted by Crippen LogP contribution is 2.22. The number of hydrogen-bond acceptors (Lipinski definition) is 5. The zero-order valence-electron chi connectivity index (χ0n) is 16.4. The lowest BCUT2D eigenvalue weighted by Crippen LogP contribution is -2.30. The van der Waals surface area contributed by atoms with Crippen LogP contribution in [0.5, 0.6) is 0 Å². The first kappa shape index (κ1) is 21.5. The van der Waals surface area contributed by atoms with Crippen molar-refractivity contribution in [1.82, 2.24) is 9.29 Å². The SMILES string of the molecule is O=C(CCCCCCn1ccc2ccc([N+](=O)[O-])cc21)NS(=O)(=O)c1ccccc1.